The molecule has 0 aliphatic heterocycles. The smallest absolute Gasteiger partial charge is 0.141 e. The van der Waals surface area contributed by atoms with Gasteiger partial charge in [0.2, 0.25) is 0 Å². The molecule has 3 nitrogen and oxygen atoms in total. The molecule has 0 atom stereocenters. The highest BCUT2D eigenvalue weighted by Crippen LogP contribution is 2.25. The Morgan fingerprint density at radius 2 is 1.63 bits per heavy atom. The van der Waals surface area contributed by atoms with Crippen molar-refractivity contribution in [1.29, 1.82) is 0 Å². The quantitative estimate of drug-likeness (QED) is 0.446. The van der Waals surface area contributed by atoms with Gasteiger partial charge in [-0.1, -0.05) is 61.0 Å². The standard InChI is InChI=1S/C24H24N2O/c1-3-19-10-14-21(15-11-19)27-17-16-26-23-7-5-4-6-22(23)25-24(26)20-12-8-18(2)9-13-20/h4-15H,3,16-17H2,1-2H3. The molecule has 0 aliphatic carbocycles. The van der Waals surface area contributed by atoms with Crippen LogP contribution in [0.2, 0.25) is 0 Å². The number of imidazole rings is 1. The first kappa shape index (κ1) is 17.3. The van der Waals surface area contributed by atoms with Gasteiger partial charge in [0.15, 0.2) is 0 Å². The zero-order chi connectivity index (χ0) is 18.6. The summed E-state index contributed by atoms with van der Waals surface area (Å²) in [4.78, 5) is 4.87. The number of nitrogens with zero attached hydrogens (tertiary/aromatic N) is 2. The van der Waals surface area contributed by atoms with Gasteiger partial charge in [-0.15, -0.1) is 0 Å². The zero-order valence-electron chi connectivity index (χ0n) is 15.9. The second-order valence-corrected chi connectivity index (χ2v) is 6.79. The van der Waals surface area contributed by atoms with Crippen LogP contribution in [0.5, 0.6) is 5.75 Å². The Morgan fingerprint density at radius 1 is 0.889 bits per heavy atom. The lowest BCUT2D eigenvalue weighted by Crippen LogP contribution is -2.09. The summed E-state index contributed by atoms with van der Waals surface area (Å²) in [6, 6.07) is 25.2. The first-order valence-electron chi connectivity index (χ1n) is 9.48. The monoisotopic (exact) mass is 356 g/mol. The molecule has 4 rings (SSSR count). The zero-order valence-corrected chi connectivity index (χ0v) is 15.9. The number of aryl methyl sites for hydroxylation is 2. The average molecular weight is 356 g/mol. The van der Waals surface area contributed by atoms with Crippen LogP contribution in [-0.4, -0.2) is 16.2 Å². The van der Waals surface area contributed by atoms with Crippen molar-refractivity contribution in [2.75, 3.05) is 6.61 Å². The second kappa shape index (κ2) is 7.67. The van der Waals surface area contributed by atoms with Crippen LogP contribution in [0.3, 0.4) is 0 Å². The lowest BCUT2D eigenvalue weighted by Gasteiger charge is -2.11. The van der Waals surface area contributed by atoms with E-state index in [0.29, 0.717) is 6.61 Å². The summed E-state index contributed by atoms with van der Waals surface area (Å²) >= 11 is 0. The van der Waals surface area contributed by atoms with Crippen molar-refractivity contribution in [1.82, 2.24) is 9.55 Å². The van der Waals surface area contributed by atoms with Crippen molar-refractivity contribution in [2.45, 2.75) is 26.8 Å². The summed E-state index contributed by atoms with van der Waals surface area (Å²) in [6.45, 7) is 5.61. The van der Waals surface area contributed by atoms with Gasteiger partial charge < -0.3 is 9.30 Å². The third-order valence-electron chi connectivity index (χ3n) is 4.88. The third kappa shape index (κ3) is 3.72. The molecule has 0 spiro atoms. The van der Waals surface area contributed by atoms with Crippen LogP contribution in [0.25, 0.3) is 22.4 Å². The minimum absolute atomic E-state index is 0.602. The van der Waals surface area contributed by atoms with Gasteiger partial charge in [0.1, 0.15) is 18.2 Å². The highest BCUT2D eigenvalue weighted by Gasteiger charge is 2.12. The maximum atomic E-state index is 5.99. The molecule has 27 heavy (non-hydrogen) atoms. The number of hydrogen-bond acceptors (Lipinski definition) is 2. The van der Waals surface area contributed by atoms with E-state index in [0.717, 1.165) is 41.1 Å². The molecule has 1 heterocycles. The molecule has 0 bridgehead atoms. The van der Waals surface area contributed by atoms with E-state index in [1.807, 2.05) is 18.2 Å². The average Bonchev–Trinajstić information content (AvgIpc) is 3.08. The van der Waals surface area contributed by atoms with E-state index in [1.165, 1.54) is 11.1 Å². The van der Waals surface area contributed by atoms with E-state index in [1.54, 1.807) is 0 Å². The molecular formula is C24H24N2O. The largest absolute Gasteiger partial charge is 0.492 e. The summed E-state index contributed by atoms with van der Waals surface area (Å²) in [6.07, 6.45) is 1.04. The van der Waals surface area contributed by atoms with Gasteiger partial charge in [0.25, 0.3) is 0 Å². The maximum Gasteiger partial charge on any atom is 0.141 e. The van der Waals surface area contributed by atoms with Crippen LogP contribution in [0.4, 0.5) is 0 Å². The Hall–Kier alpha value is -3.07. The first-order valence-corrected chi connectivity index (χ1v) is 9.48. The molecule has 0 saturated heterocycles. The minimum Gasteiger partial charge on any atom is -0.492 e. The summed E-state index contributed by atoms with van der Waals surface area (Å²) < 4.78 is 8.24. The molecule has 4 aromatic rings. The lowest BCUT2D eigenvalue weighted by atomic mass is 10.1. The normalized spacial score (nSPS) is 11.0. The Balaban J connectivity index is 1.59. The molecule has 0 saturated carbocycles. The predicted octanol–water partition coefficient (Wildman–Crippen LogP) is 5.65. The van der Waals surface area contributed by atoms with Gasteiger partial charge in [-0.3, -0.25) is 0 Å². The van der Waals surface area contributed by atoms with Crippen LogP contribution in [-0.2, 0) is 13.0 Å². The van der Waals surface area contributed by atoms with E-state index in [2.05, 4.69) is 73.0 Å². The van der Waals surface area contributed by atoms with Crippen molar-refractivity contribution in [3.63, 3.8) is 0 Å². The molecule has 3 aromatic carbocycles. The van der Waals surface area contributed by atoms with Gasteiger partial charge in [0.05, 0.1) is 17.6 Å². The Bertz CT molecular complexity index is 1030. The Morgan fingerprint density at radius 3 is 2.37 bits per heavy atom. The van der Waals surface area contributed by atoms with Crippen molar-refractivity contribution in [3.8, 4) is 17.1 Å². The fraction of sp³-hybridized carbons (Fsp3) is 0.208. The van der Waals surface area contributed by atoms with E-state index in [4.69, 9.17) is 9.72 Å². The van der Waals surface area contributed by atoms with Crippen LogP contribution in [0.1, 0.15) is 18.1 Å². The van der Waals surface area contributed by atoms with E-state index >= 15 is 0 Å². The molecule has 0 aliphatic rings. The van der Waals surface area contributed by atoms with E-state index in [9.17, 15) is 0 Å². The van der Waals surface area contributed by atoms with Crippen molar-refractivity contribution in [2.24, 2.45) is 0 Å². The van der Waals surface area contributed by atoms with Gasteiger partial charge >= 0.3 is 0 Å². The highest BCUT2D eigenvalue weighted by atomic mass is 16.5. The molecule has 0 radical (unpaired) electrons. The summed E-state index contributed by atoms with van der Waals surface area (Å²) in [7, 11) is 0. The van der Waals surface area contributed by atoms with Crippen molar-refractivity contribution in [3.05, 3.63) is 83.9 Å². The number of rotatable bonds is 6. The van der Waals surface area contributed by atoms with Gasteiger partial charge in [0, 0.05) is 5.56 Å². The molecule has 0 amide bonds. The SMILES string of the molecule is CCc1ccc(OCCn2c(-c3ccc(C)cc3)nc3ccccc32)cc1. The Kier molecular flexibility index (Phi) is 4.93. The van der Waals surface area contributed by atoms with Gasteiger partial charge in [-0.05, 0) is 43.2 Å². The first-order chi connectivity index (χ1) is 13.2. The number of para-hydroxylation sites is 2. The molecule has 0 N–H and O–H groups in total. The minimum atomic E-state index is 0.602. The number of benzene rings is 3. The van der Waals surface area contributed by atoms with Crippen molar-refractivity contribution < 1.29 is 4.74 Å². The fourth-order valence-corrected chi connectivity index (χ4v) is 3.30. The van der Waals surface area contributed by atoms with Crippen LogP contribution < -0.4 is 4.74 Å². The molecule has 0 unspecified atom stereocenters. The molecule has 1 aromatic heterocycles. The van der Waals surface area contributed by atoms with Gasteiger partial charge in [-0.2, -0.15) is 0 Å². The summed E-state index contributed by atoms with van der Waals surface area (Å²) in [5, 5.41) is 0. The summed E-state index contributed by atoms with van der Waals surface area (Å²) in [5.74, 6) is 1.90. The van der Waals surface area contributed by atoms with Crippen LogP contribution in [0, 0.1) is 6.92 Å². The number of hydrogen-bond donors (Lipinski definition) is 0. The number of ether oxygens (including phenoxy) is 1. The molecule has 136 valence electrons. The summed E-state index contributed by atoms with van der Waals surface area (Å²) in [5.41, 5.74) is 5.85. The lowest BCUT2D eigenvalue weighted by molar-refractivity contribution is 0.301. The molecule has 3 heteroatoms. The van der Waals surface area contributed by atoms with Crippen LogP contribution >= 0.6 is 0 Å². The van der Waals surface area contributed by atoms with Gasteiger partial charge in [-0.25, -0.2) is 4.98 Å². The topological polar surface area (TPSA) is 27.1 Å². The Labute approximate surface area is 160 Å². The van der Waals surface area contributed by atoms with Crippen LogP contribution in [0.15, 0.2) is 72.8 Å². The number of aromatic nitrogens is 2. The number of fused-ring (bicyclic) bond motifs is 1. The molecule has 0 fully saturated rings. The van der Waals surface area contributed by atoms with Crippen molar-refractivity contribution >= 4 is 11.0 Å². The third-order valence-corrected chi connectivity index (χ3v) is 4.88. The predicted molar refractivity (Wildman–Crippen MR) is 111 cm³/mol. The molecular weight excluding hydrogens is 332 g/mol. The second-order valence-electron chi connectivity index (χ2n) is 6.79. The highest BCUT2D eigenvalue weighted by molar-refractivity contribution is 5.80. The fourth-order valence-electron chi connectivity index (χ4n) is 3.30. The van der Waals surface area contributed by atoms with E-state index in [-0.39, 0.29) is 0 Å². The maximum absolute atomic E-state index is 5.99. The van der Waals surface area contributed by atoms with E-state index < -0.39 is 0 Å².